The monoisotopic (exact) mass is 464 g/mol. The number of aromatic nitrogens is 3. The molecule has 7 heteroatoms. The molecule has 0 fully saturated rings. The first-order chi connectivity index (χ1) is 11.6. The van der Waals surface area contributed by atoms with Crippen LogP contribution in [0.15, 0.2) is 67.7 Å². The van der Waals surface area contributed by atoms with Gasteiger partial charge < -0.3 is 0 Å². The highest BCUT2D eigenvalue weighted by atomic mass is 79.9. The summed E-state index contributed by atoms with van der Waals surface area (Å²) in [7, 11) is 0. The van der Waals surface area contributed by atoms with Gasteiger partial charge in [0, 0.05) is 14.7 Å². The molecular formula is C17H14Br2N4S. The Morgan fingerprint density at radius 2 is 1.88 bits per heavy atom. The molecule has 1 heterocycles. The molecule has 0 amide bonds. The summed E-state index contributed by atoms with van der Waals surface area (Å²) in [5, 5.41) is 13.7. The zero-order valence-electron chi connectivity index (χ0n) is 12.9. The van der Waals surface area contributed by atoms with Gasteiger partial charge >= 0.3 is 0 Å². The van der Waals surface area contributed by atoms with E-state index in [-0.39, 0.29) is 0 Å². The number of rotatable bonds is 5. The molecule has 1 aromatic heterocycles. The van der Waals surface area contributed by atoms with Gasteiger partial charge in [0.2, 0.25) is 5.16 Å². The van der Waals surface area contributed by atoms with E-state index < -0.39 is 0 Å². The number of hydrogen-bond donors (Lipinski definition) is 0. The summed E-state index contributed by atoms with van der Waals surface area (Å²) in [5.41, 5.74) is 2.24. The Balaban J connectivity index is 1.74. The van der Waals surface area contributed by atoms with Crippen molar-refractivity contribution in [2.45, 2.75) is 17.8 Å². The van der Waals surface area contributed by atoms with Crippen molar-refractivity contribution in [3.05, 3.63) is 74.4 Å². The van der Waals surface area contributed by atoms with E-state index in [4.69, 9.17) is 0 Å². The van der Waals surface area contributed by atoms with Crippen molar-refractivity contribution in [2.75, 3.05) is 0 Å². The minimum Gasteiger partial charge on any atom is -0.192 e. The molecule has 0 radical (unpaired) electrons. The second-order valence-corrected chi connectivity index (χ2v) is 7.83. The summed E-state index contributed by atoms with van der Waals surface area (Å²) in [4.78, 5) is 0. The Bertz CT molecular complexity index is 859. The molecule has 122 valence electrons. The van der Waals surface area contributed by atoms with Crippen LogP contribution in [0.2, 0.25) is 0 Å². The average Bonchev–Trinajstić information content (AvgIpc) is 2.92. The Morgan fingerprint density at radius 1 is 1.08 bits per heavy atom. The predicted octanol–water partition coefficient (Wildman–Crippen LogP) is 5.29. The Labute approximate surface area is 161 Å². The fourth-order valence-corrected chi connectivity index (χ4v) is 3.57. The highest BCUT2D eigenvalue weighted by molar-refractivity contribution is 9.10. The molecule has 0 N–H and O–H groups in total. The molecule has 0 aliphatic rings. The van der Waals surface area contributed by atoms with Crippen molar-refractivity contribution in [1.29, 1.82) is 0 Å². The van der Waals surface area contributed by atoms with Gasteiger partial charge in [0.25, 0.3) is 0 Å². The standard InChI is InChI=1S/C17H14Br2N4S/c1-12-21-22-17(24-11-13-5-7-15(18)8-6-13)23(12)20-10-14-3-2-4-16(19)9-14/h2-10H,11H2,1H3/b20-10-. The molecule has 0 spiro atoms. The quantitative estimate of drug-likeness (QED) is 0.380. The highest BCUT2D eigenvalue weighted by Crippen LogP contribution is 2.23. The lowest BCUT2D eigenvalue weighted by Crippen LogP contribution is -1.96. The van der Waals surface area contributed by atoms with E-state index in [1.807, 2.05) is 49.5 Å². The topological polar surface area (TPSA) is 43.1 Å². The first-order valence-electron chi connectivity index (χ1n) is 7.21. The van der Waals surface area contributed by atoms with Gasteiger partial charge in [0.05, 0.1) is 6.21 Å². The lowest BCUT2D eigenvalue weighted by molar-refractivity contribution is 0.744. The summed E-state index contributed by atoms with van der Waals surface area (Å²) in [6.07, 6.45) is 1.81. The van der Waals surface area contributed by atoms with Gasteiger partial charge in [-0.2, -0.15) is 9.78 Å². The molecule has 2 aromatic carbocycles. The Morgan fingerprint density at radius 3 is 2.62 bits per heavy atom. The number of hydrogen-bond acceptors (Lipinski definition) is 4. The normalized spacial score (nSPS) is 11.3. The van der Waals surface area contributed by atoms with Gasteiger partial charge in [0.1, 0.15) is 0 Å². The van der Waals surface area contributed by atoms with Crippen LogP contribution in [0, 0.1) is 6.92 Å². The molecule has 0 bridgehead atoms. The average molecular weight is 466 g/mol. The van der Waals surface area contributed by atoms with Gasteiger partial charge in [-0.1, -0.05) is 67.9 Å². The lowest BCUT2D eigenvalue weighted by atomic mass is 10.2. The molecular weight excluding hydrogens is 452 g/mol. The first-order valence-corrected chi connectivity index (χ1v) is 9.78. The minimum absolute atomic E-state index is 0.763. The van der Waals surface area contributed by atoms with Crippen LogP contribution in [0.3, 0.4) is 0 Å². The smallest absolute Gasteiger partial charge is 0.192 e. The number of benzene rings is 2. The summed E-state index contributed by atoms with van der Waals surface area (Å²) < 4.78 is 3.87. The summed E-state index contributed by atoms with van der Waals surface area (Å²) >= 11 is 8.53. The first kappa shape index (κ1) is 17.4. The molecule has 3 aromatic rings. The van der Waals surface area contributed by atoms with Crippen LogP contribution in [0.5, 0.6) is 0 Å². The SMILES string of the molecule is Cc1nnc(SCc2ccc(Br)cc2)n1/N=C\c1cccc(Br)c1. The second-order valence-electron chi connectivity index (χ2n) is 5.06. The van der Waals surface area contributed by atoms with Crippen molar-refractivity contribution in [3.8, 4) is 0 Å². The van der Waals surface area contributed by atoms with Crippen molar-refractivity contribution in [3.63, 3.8) is 0 Å². The largest absolute Gasteiger partial charge is 0.212 e. The third-order valence-corrected chi connectivity index (χ3v) is 5.23. The molecule has 24 heavy (non-hydrogen) atoms. The highest BCUT2D eigenvalue weighted by Gasteiger charge is 2.08. The molecule has 0 unspecified atom stereocenters. The summed E-state index contributed by atoms with van der Waals surface area (Å²) in [6, 6.07) is 16.2. The van der Waals surface area contributed by atoms with E-state index in [0.29, 0.717) is 0 Å². The molecule has 0 aliphatic heterocycles. The Hall–Kier alpha value is -1.44. The van der Waals surface area contributed by atoms with Crippen molar-refractivity contribution >= 4 is 49.8 Å². The maximum Gasteiger partial charge on any atom is 0.212 e. The van der Waals surface area contributed by atoms with Crippen molar-refractivity contribution in [1.82, 2.24) is 14.9 Å². The van der Waals surface area contributed by atoms with Crippen LogP contribution in [-0.4, -0.2) is 21.1 Å². The summed E-state index contributed by atoms with van der Waals surface area (Å²) in [5.74, 6) is 1.58. The fourth-order valence-electron chi connectivity index (χ4n) is 2.00. The number of nitrogens with zero attached hydrogens (tertiary/aromatic N) is 4. The molecule has 0 aliphatic carbocycles. The lowest BCUT2D eigenvalue weighted by Gasteiger charge is -2.03. The van der Waals surface area contributed by atoms with E-state index in [0.717, 1.165) is 31.2 Å². The van der Waals surface area contributed by atoms with Gasteiger partial charge in [0.15, 0.2) is 5.82 Å². The van der Waals surface area contributed by atoms with Crippen molar-refractivity contribution < 1.29 is 0 Å². The zero-order valence-corrected chi connectivity index (χ0v) is 16.8. The maximum atomic E-state index is 4.52. The minimum atomic E-state index is 0.763. The molecule has 4 nitrogen and oxygen atoms in total. The fraction of sp³-hybridized carbons (Fsp3) is 0.118. The van der Waals surface area contributed by atoms with Gasteiger partial charge in [-0.25, -0.2) is 0 Å². The second kappa shape index (κ2) is 8.09. The molecule has 0 saturated heterocycles. The molecule has 0 saturated carbocycles. The maximum absolute atomic E-state index is 4.52. The van der Waals surface area contributed by atoms with E-state index >= 15 is 0 Å². The number of halogens is 2. The zero-order chi connectivity index (χ0) is 16.9. The van der Waals surface area contributed by atoms with Crippen molar-refractivity contribution in [2.24, 2.45) is 5.10 Å². The third kappa shape index (κ3) is 4.55. The molecule has 0 atom stereocenters. The van der Waals surface area contributed by atoms with Crippen LogP contribution in [0.1, 0.15) is 17.0 Å². The predicted molar refractivity (Wildman–Crippen MR) is 106 cm³/mol. The van der Waals surface area contributed by atoms with E-state index in [2.05, 4.69) is 59.3 Å². The Kier molecular flexibility index (Phi) is 5.86. The molecule has 3 rings (SSSR count). The third-order valence-electron chi connectivity index (χ3n) is 3.22. The summed E-state index contributed by atoms with van der Waals surface area (Å²) in [6.45, 7) is 1.90. The van der Waals surface area contributed by atoms with E-state index in [1.165, 1.54) is 5.56 Å². The van der Waals surface area contributed by atoms with Crippen LogP contribution in [-0.2, 0) is 5.75 Å². The number of aryl methyl sites for hydroxylation is 1. The van der Waals surface area contributed by atoms with E-state index in [1.54, 1.807) is 16.4 Å². The van der Waals surface area contributed by atoms with Gasteiger partial charge in [-0.05, 0) is 42.3 Å². The van der Waals surface area contributed by atoms with Crippen LogP contribution in [0.25, 0.3) is 0 Å². The van der Waals surface area contributed by atoms with Gasteiger partial charge in [-0.3, -0.25) is 0 Å². The van der Waals surface area contributed by atoms with Crippen LogP contribution >= 0.6 is 43.6 Å². The van der Waals surface area contributed by atoms with Crippen LogP contribution < -0.4 is 0 Å². The van der Waals surface area contributed by atoms with Gasteiger partial charge in [-0.15, -0.1) is 10.2 Å². The van der Waals surface area contributed by atoms with E-state index in [9.17, 15) is 0 Å². The number of thioether (sulfide) groups is 1. The van der Waals surface area contributed by atoms with Crippen LogP contribution in [0.4, 0.5) is 0 Å².